The Labute approximate surface area is 113 Å². The summed E-state index contributed by atoms with van der Waals surface area (Å²) in [5, 5.41) is 0. The molecule has 0 aliphatic heterocycles. The highest BCUT2D eigenvalue weighted by molar-refractivity contribution is 5.92. The molecule has 2 rings (SSSR count). The van der Waals surface area contributed by atoms with Crippen LogP contribution in [-0.2, 0) is 6.54 Å². The number of hydrogen-bond acceptors (Lipinski definition) is 3. The van der Waals surface area contributed by atoms with Crippen LogP contribution in [0, 0.1) is 0 Å². The minimum absolute atomic E-state index is 0.00217. The Morgan fingerprint density at radius 1 is 1.16 bits per heavy atom. The normalized spacial score (nSPS) is 10.2. The molecule has 0 amide bonds. The summed E-state index contributed by atoms with van der Waals surface area (Å²) >= 11 is 0. The third kappa shape index (κ3) is 3.41. The lowest BCUT2D eigenvalue weighted by Crippen LogP contribution is -2.22. The predicted octanol–water partition coefficient (Wildman–Crippen LogP) is 3.31. The second-order valence-electron chi connectivity index (χ2n) is 4.46. The first-order valence-corrected chi connectivity index (χ1v) is 6.46. The van der Waals surface area contributed by atoms with Crippen molar-refractivity contribution in [3.63, 3.8) is 0 Å². The third-order valence-corrected chi connectivity index (χ3v) is 3.07. The number of rotatable bonds is 5. The van der Waals surface area contributed by atoms with Crippen molar-refractivity contribution < 1.29 is 4.79 Å². The van der Waals surface area contributed by atoms with E-state index in [1.54, 1.807) is 12.3 Å². The zero-order valence-electron chi connectivity index (χ0n) is 11.3. The van der Waals surface area contributed by atoms with E-state index in [2.05, 4.69) is 28.9 Å². The Balaban J connectivity index is 2.15. The lowest BCUT2D eigenvalue weighted by Gasteiger charge is -2.23. The molecule has 0 spiro atoms. The van der Waals surface area contributed by atoms with Gasteiger partial charge < -0.3 is 4.90 Å². The number of nitrogens with zero attached hydrogens (tertiary/aromatic N) is 2. The van der Waals surface area contributed by atoms with E-state index in [4.69, 9.17) is 0 Å². The Hall–Kier alpha value is -2.16. The van der Waals surface area contributed by atoms with Gasteiger partial charge in [-0.25, -0.2) is 0 Å². The molecular formula is C16H18N2O. The summed E-state index contributed by atoms with van der Waals surface area (Å²) < 4.78 is 0. The molecule has 0 atom stereocenters. The van der Waals surface area contributed by atoms with E-state index in [0.717, 1.165) is 18.8 Å². The van der Waals surface area contributed by atoms with Crippen molar-refractivity contribution >= 4 is 11.5 Å². The van der Waals surface area contributed by atoms with Gasteiger partial charge >= 0.3 is 0 Å². The molecule has 0 saturated heterocycles. The number of aromatic nitrogens is 1. The zero-order valence-corrected chi connectivity index (χ0v) is 11.3. The van der Waals surface area contributed by atoms with Crippen LogP contribution >= 0.6 is 0 Å². The third-order valence-electron chi connectivity index (χ3n) is 3.07. The van der Waals surface area contributed by atoms with Crippen molar-refractivity contribution in [2.75, 3.05) is 11.4 Å². The second-order valence-corrected chi connectivity index (χ2v) is 4.46. The fourth-order valence-electron chi connectivity index (χ4n) is 1.97. The van der Waals surface area contributed by atoms with E-state index >= 15 is 0 Å². The summed E-state index contributed by atoms with van der Waals surface area (Å²) in [7, 11) is 0. The highest BCUT2D eigenvalue weighted by Gasteiger charge is 2.07. The van der Waals surface area contributed by atoms with E-state index < -0.39 is 0 Å². The summed E-state index contributed by atoms with van der Waals surface area (Å²) in [6.07, 6.45) is 1.77. The van der Waals surface area contributed by atoms with Gasteiger partial charge in [-0.05, 0) is 24.6 Å². The van der Waals surface area contributed by atoms with Crippen LogP contribution in [0.2, 0.25) is 0 Å². The molecule has 1 heterocycles. The van der Waals surface area contributed by atoms with E-state index in [1.165, 1.54) is 12.5 Å². The highest BCUT2D eigenvalue weighted by atomic mass is 16.1. The molecular weight excluding hydrogens is 236 g/mol. The summed E-state index contributed by atoms with van der Waals surface area (Å²) in [4.78, 5) is 17.6. The zero-order chi connectivity index (χ0) is 13.7. The summed E-state index contributed by atoms with van der Waals surface area (Å²) in [6.45, 7) is 5.39. The number of carbonyl (C=O) groups is 1. The van der Waals surface area contributed by atoms with Crippen LogP contribution in [0.4, 0.5) is 5.69 Å². The minimum Gasteiger partial charge on any atom is -0.366 e. The van der Waals surface area contributed by atoms with Crippen molar-refractivity contribution in [1.82, 2.24) is 4.98 Å². The average molecular weight is 254 g/mol. The quantitative estimate of drug-likeness (QED) is 0.767. The molecule has 1 aromatic carbocycles. The summed E-state index contributed by atoms with van der Waals surface area (Å²) in [5.74, 6) is -0.00217. The topological polar surface area (TPSA) is 33.2 Å². The van der Waals surface area contributed by atoms with Gasteiger partial charge in [0.05, 0.1) is 11.9 Å². The van der Waals surface area contributed by atoms with Crippen molar-refractivity contribution in [2.24, 2.45) is 0 Å². The molecule has 0 unspecified atom stereocenters. The molecule has 0 radical (unpaired) electrons. The molecule has 3 heteroatoms. The monoisotopic (exact) mass is 254 g/mol. The molecule has 98 valence electrons. The molecule has 2 aromatic rings. The number of ketones is 1. The van der Waals surface area contributed by atoms with Crippen molar-refractivity contribution in [3.8, 4) is 0 Å². The molecule has 0 saturated carbocycles. The summed E-state index contributed by atoms with van der Waals surface area (Å²) in [5.41, 5.74) is 2.82. The van der Waals surface area contributed by atoms with Crippen molar-refractivity contribution in [2.45, 2.75) is 20.4 Å². The van der Waals surface area contributed by atoms with Crippen LogP contribution in [0.3, 0.4) is 0 Å². The van der Waals surface area contributed by atoms with Gasteiger partial charge in [0.1, 0.15) is 5.69 Å². The molecule has 0 fully saturated rings. The van der Waals surface area contributed by atoms with Gasteiger partial charge in [-0.15, -0.1) is 0 Å². The number of pyridine rings is 1. The van der Waals surface area contributed by atoms with Crippen LogP contribution in [0.25, 0.3) is 0 Å². The van der Waals surface area contributed by atoms with Gasteiger partial charge in [-0.1, -0.05) is 30.3 Å². The van der Waals surface area contributed by atoms with Gasteiger partial charge in [-0.3, -0.25) is 9.78 Å². The minimum atomic E-state index is -0.00217. The maximum atomic E-state index is 11.2. The largest absolute Gasteiger partial charge is 0.366 e. The van der Waals surface area contributed by atoms with E-state index in [-0.39, 0.29) is 5.78 Å². The van der Waals surface area contributed by atoms with Crippen molar-refractivity contribution in [3.05, 3.63) is 59.9 Å². The van der Waals surface area contributed by atoms with Crippen LogP contribution in [0.1, 0.15) is 29.9 Å². The standard InChI is InChI=1S/C16H18N2O/c1-3-18(12-14-7-5-4-6-8-14)15-9-10-16(13(2)19)17-11-15/h4-11H,3,12H2,1-2H3. The van der Waals surface area contributed by atoms with Crippen molar-refractivity contribution in [1.29, 1.82) is 0 Å². The Morgan fingerprint density at radius 2 is 1.89 bits per heavy atom. The van der Waals surface area contributed by atoms with Gasteiger partial charge in [0.25, 0.3) is 0 Å². The van der Waals surface area contributed by atoms with Crippen LogP contribution < -0.4 is 4.90 Å². The predicted molar refractivity (Wildman–Crippen MR) is 77.4 cm³/mol. The Kier molecular flexibility index (Phi) is 4.29. The lowest BCUT2D eigenvalue weighted by atomic mass is 10.2. The van der Waals surface area contributed by atoms with Gasteiger partial charge in [0, 0.05) is 20.0 Å². The van der Waals surface area contributed by atoms with E-state index in [1.807, 2.05) is 24.3 Å². The first-order valence-electron chi connectivity index (χ1n) is 6.46. The number of carbonyl (C=O) groups excluding carboxylic acids is 1. The first kappa shape index (κ1) is 13.3. The molecule has 0 aliphatic rings. The van der Waals surface area contributed by atoms with Crippen LogP contribution in [0.15, 0.2) is 48.7 Å². The SMILES string of the molecule is CCN(Cc1ccccc1)c1ccc(C(C)=O)nc1. The fourth-order valence-corrected chi connectivity index (χ4v) is 1.97. The maximum absolute atomic E-state index is 11.2. The highest BCUT2D eigenvalue weighted by Crippen LogP contribution is 2.16. The molecule has 1 aromatic heterocycles. The lowest BCUT2D eigenvalue weighted by molar-refractivity contribution is 0.101. The molecule has 19 heavy (non-hydrogen) atoms. The molecule has 0 bridgehead atoms. The second kappa shape index (κ2) is 6.14. The number of hydrogen-bond donors (Lipinski definition) is 0. The summed E-state index contributed by atoms with van der Waals surface area (Å²) in [6, 6.07) is 14.1. The molecule has 0 N–H and O–H groups in total. The number of benzene rings is 1. The number of Topliss-reactive ketones (excluding diaryl/α,β-unsaturated/α-hetero) is 1. The van der Waals surface area contributed by atoms with E-state index in [0.29, 0.717) is 5.69 Å². The Morgan fingerprint density at radius 3 is 2.42 bits per heavy atom. The fraction of sp³-hybridized carbons (Fsp3) is 0.250. The molecule has 3 nitrogen and oxygen atoms in total. The number of anilines is 1. The Bertz CT molecular complexity index is 534. The molecule has 0 aliphatic carbocycles. The average Bonchev–Trinajstić information content (AvgIpc) is 2.46. The van der Waals surface area contributed by atoms with Gasteiger partial charge in [-0.2, -0.15) is 0 Å². The maximum Gasteiger partial charge on any atom is 0.178 e. The van der Waals surface area contributed by atoms with Crippen LogP contribution in [0.5, 0.6) is 0 Å². The first-order chi connectivity index (χ1) is 9.20. The van der Waals surface area contributed by atoms with E-state index in [9.17, 15) is 4.79 Å². The van der Waals surface area contributed by atoms with Crippen LogP contribution in [-0.4, -0.2) is 17.3 Å². The van der Waals surface area contributed by atoms with Gasteiger partial charge in [0.15, 0.2) is 5.78 Å². The van der Waals surface area contributed by atoms with Gasteiger partial charge in [0.2, 0.25) is 0 Å². The smallest absolute Gasteiger partial charge is 0.178 e.